The van der Waals surface area contributed by atoms with Crippen molar-refractivity contribution in [1.82, 2.24) is 0 Å². The highest BCUT2D eigenvalue weighted by Crippen LogP contribution is 2.19. The minimum Gasteiger partial charge on any atom is -0.508 e. The Morgan fingerprint density at radius 1 is 0.828 bits per heavy atom. The van der Waals surface area contributed by atoms with Gasteiger partial charge in [-0.1, -0.05) is 6.07 Å². The number of phenols is 2. The predicted octanol–water partition coefficient (Wildman–Crippen LogP) is 2.48. The van der Waals surface area contributed by atoms with E-state index in [1.54, 1.807) is 6.07 Å². The molecule has 0 radical (unpaired) electrons. The number of esters is 1. The number of carboxylic acid groups (broad SMARTS) is 1. The molecule has 2 aromatic rings. The van der Waals surface area contributed by atoms with Gasteiger partial charge in [0.15, 0.2) is 0 Å². The SMILES string of the molecule is O=C(O)c1ccc(O)cc1C(=O)OCCCOOCc1cc(O)ccc1COO. The van der Waals surface area contributed by atoms with Gasteiger partial charge in [0.25, 0.3) is 0 Å². The summed E-state index contributed by atoms with van der Waals surface area (Å²) in [6, 6.07) is 7.74. The maximum absolute atomic E-state index is 12.0. The Hall–Kier alpha value is -3.18. The smallest absolute Gasteiger partial charge is 0.339 e. The fourth-order valence-corrected chi connectivity index (χ4v) is 2.37. The van der Waals surface area contributed by atoms with E-state index in [-0.39, 0.29) is 55.5 Å². The van der Waals surface area contributed by atoms with Crippen molar-refractivity contribution in [3.8, 4) is 11.5 Å². The Morgan fingerprint density at radius 3 is 2.28 bits per heavy atom. The lowest BCUT2D eigenvalue weighted by molar-refractivity contribution is -0.305. The molecule has 0 aliphatic heterocycles. The van der Waals surface area contributed by atoms with Gasteiger partial charge in [0.2, 0.25) is 0 Å². The summed E-state index contributed by atoms with van der Waals surface area (Å²) in [5, 5.41) is 36.5. The van der Waals surface area contributed by atoms with Gasteiger partial charge in [0.05, 0.1) is 24.3 Å². The molecule has 0 unspecified atom stereocenters. The van der Waals surface area contributed by atoms with E-state index in [4.69, 9.17) is 24.9 Å². The van der Waals surface area contributed by atoms with Crippen molar-refractivity contribution in [1.29, 1.82) is 0 Å². The van der Waals surface area contributed by atoms with Gasteiger partial charge in [0.1, 0.15) is 24.7 Å². The van der Waals surface area contributed by atoms with E-state index >= 15 is 0 Å². The van der Waals surface area contributed by atoms with Crippen molar-refractivity contribution in [3.63, 3.8) is 0 Å². The molecule has 0 aliphatic rings. The first-order valence-electron chi connectivity index (χ1n) is 8.47. The Kier molecular flexibility index (Phi) is 8.37. The van der Waals surface area contributed by atoms with Crippen LogP contribution in [0, 0.1) is 0 Å². The molecule has 0 bridgehead atoms. The molecule has 29 heavy (non-hydrogen) atoms. The third kappa shape index (κ3) is 6.73. The number of carboxylic acids is 1. The van der Waals surface area contributed by atoms with Crippen LogP contribution in [0.2, 0.25) is 0 Å². The summed E-state index contributed by atoms with van der Waals surface area (Å²) in [6.07, 6.45) is 0.264. The molecular weight excluding hydrogens is 388 g/mol. The van der Waals surface area contributed by atoms with Gasteiger partial charge >= 0.3 is 11.9 Å². The monoisotopic (exact) mass is 408 g/mol. The van der Waals surface area contributed by atoms with E-state index in [1.807, 2.05) is 0 Å². The van der Waals surface area contributed by atoms with Crippen LogP contribution in [0.1, 0.15) is 38.3 Å². The molecule has 0 heterocycles. The van der Waals surface area contributed by atoms with Crippen molar-refractivity contribution in [2.75, 3.05) is 13.2 Å². The summed E-state index contributed by atoms with van der Waals surface area (Å²) in [7, 11) is 0. The number of carbonyl (C=O) groups is 2. The van der Waals surface area contributed by atoms with Crippen molar-refractivity contribution in [2.24, 2.45) is 0 Å². The molecular formula is C19H20O10. The van der Waals surface area contributed by atoms with Crippen LogP contribution in [0.5, 0.6) is 11.5 Å². The molecule has 0 aliphatic carbocycles. The van der Waals surface area contributed by atoms with E-state index in [0.29, 0.717) is 11.1 Å². The summed E-state index contributed by atoms with van der Waals surface area (Å²) in [6.45, 7) is -0.0865. The molecule has 0 fully saturated rings. The largest absolute Gasteiger partial charge is 0.508 e. The van der Waals surface area contributed by atoms with E-state index in [2.05, 4.69) is 4.89 Å². The van der Waals surface area contributed by atoms with Crippen LogP contribution >= 0.6 is 0 Å². The third-order valence-electron chi connectivity index (χ3n) is 3.77. The highest BCUT2D eigenvalue weighted by atomic mass is 17.2. The quantitative estimate of drug-likeness (QED) is 0.189. The Balaban J connectivity index is 1.73. The molecule has 10 heteroatoms. The van der Waals surface area contributed by atoms with Gasteiger partial charge in [-0.15, -0.1) is 0 Å². The van der Waals surface area contributed by atoms with Gasteiger partial charge in [-0.05, 0) is 41.5 Å². The molecule has 0 amide bonds. The lowest BCUT2D eigenvalue weighted by atomic mass is 10.1. The average Bonchev–Trinajstić information content (AvgIpc) is 2.68. The van der Waals surface area contributed by atoms with E-state index < -0.39 is 11.9 Å². The Morgan fingerprint density at radius 2 is 1.55 bits per heavy atom. The number of phenolic OH excluding ortho intramolecular Hbond substituents is 2. The van der Waals surface area contributed by atoms with Crippen molar-refractivity contribution >= 4 is 11.9 Å². The minimum absolute atomic E-state index is 0.0157. The van der Waals surface area contributed by atoms with Crippen LogP contribution < -0.4 is 0 Å². The minimum atomic E-state index is -1.31. The highest BCUT2D eigenvalue weighted by Gasteiger charge is 2.18. The first kappa shape index (κ1) is 22.1. The fraction of sp³-hybridized carbons (Fsp3) is 0.263. The maximum Gasteiger partial charge on any atom is 0.339 e. The van der Waals surface area contributed by atoms with Crippen LogP contribution in [0.3, 0.4) is 0 Å². The van der Waals surface area contributed by atoms with Crippen LogP contribution in [-0.2, 0) is 32.6 Å². The second-order valence-electron chi connectivity index (χ2n) is 5.84. The number of aromatic carboxylic acids is 1. The molecule has 0 aromatic heterocycles. The number of carbonyl (C=O) groups excluding carboxylic acids is 1. The van der Waals surface area contributed by atoms with Crippen molar-refractivity contribution in [2.45, 2.75) is 19.6 Å². The lowest BCUT2D eigenvalue weighted by Gasteiger charge is -2.10. The molecule has 0 atom stereocenters. The number of hydrogen-bond acceptors (Lipinski definition) is 9. The molecule has 10 nitrogen and oxygen atoms in total. The van der Waals surface area contributed by atoms with Gasteiger partial charge in [-0.3, -0.25) is 5.26 Å². The van der Waals surface area contributed by atoms with Crippen LogP contribution in [0.4, 0.5) is 0 Å². The summed E-state index contributed by atoms with van der Waals surface area (Å²) >= 11 is 0. The first-order valence-corrected chi connectivity index (χ1v) is 8.47. The number of ether oxygens (including phenoxy) is 1. The Labute approximate surface area is 165 Å². The summed E-state index contributed by atoms with van der Waals surface area (Å²) in [5.74, 6) is -2.43. The van der Waals surface area contributed by atoms with Crippen LogP contribution in [0.25, 0.3) is 0 Å². The average molecular weight is 408 g/mol. The zero-order valence-electron chi connectivity index (χ0n) is 15.2. The van der Waals surface area contributed by atoms with Gasteiger partial charge in [-0.2, -0.15) is 0 Å². The zero-order valence-corrected chi connectivity index (χ0v) is 15.2. The fourth-order valence-electron chi connectivity index (χ4n) is 2.37. The molecule has 0 saturated heterocycles. The molecule has 156 valence electrons. The lowest BCUT2D eigenvalue weighted by Crippen LogP contribution is -2.13. The maximum atomic E-state index is 12.0. The topological polar surface area (TPSA) is 152 Å². The van der Waals surface area contributed by atoms with E-state index in [9.17, 15) is 19.8 Å². The van der Waals surface area contributed by atoms with Gasteiger partial charge in [0, 0.05) is 6.42 Å². The van der Waals surface area contributed by atoms with Crippen LogP contribution in [0.15, 0.2) is 36.4 Å². The van der Waals surface area contributed by atoms with Crippen molar-refractivity contribution < 1.29 is 49.6 Å². The second kappa shape index (κ2) is 11.0. The van der Waals surface area contributed by atoms with E-state index in [0.717, 1.165) is 18.2 Å². The van der Waals surface area contributed by atoms with Crippen molar-refractivity contribution in [3.05, 3.63) is 58.7 Å². The van der Waals surface area contributed by atoms with Gasteiger partial charge in [-0.25, -0.2) is 24.3 Å². The Bertz CT molecular complexity index is 849. The number of rotatable bonds is 11. The second-order valence-corrected chi connectivity index (χ2v) is 5.84. The molecule has 0 saturated carbocycles. The molecule has 2 rings (SSSR count). The number of hydrogen-bond donors (Lipinski definition) is 4. The first-order chi connectivity index (χ1) is 13.9. The standard InChI is InChI=1S/C19H20O10/c20-14-3-2-12(10-27-25)13(8-14)11-29-28-7-1-6-26-19(24)17-9-15(21)4-5-16(17)18(22)23/h2-5,8-9,20-21,25H,1,6-7,10-11H2,(H,22,23). The number of aromatic hydroxyl groups is 2. The summed E-state index contributed by atoms with van der Waals surface area (Å²) < 4.78 is 4.98. The van der Waals surface area contributed by atoms with Crippen LogP contribution in [-0.4, -0.2) is 45.7 Å². The van der Waals surface area contributed by atoms with E-state index in [1.165, 1.54) is 12.1 Å². The van der Waals surface area contributed by atoms with Gasteiger partial charge < -0.3 is 20.1 Å². The number of benzene rings is 2. The molecule has 2 aromatic carbocycles. The molecule has 4 N–H and O–H groups in total. The highest BCUT2D eigenvalue weighted by molar-refractivity contribution is 6.02. The normalized spacial score (nSPS) is 10.7. The predicted molar refractivity (Wildman–Crippen MR) is 96.2 cm³/mol. The zero-order chi connectivity index (χ0) is 21.2. The third-order valence-corrected chi connectivity index (χ3v) is 3.77. The molecule has 0 spiro atoms. The summed E-state index contributed by atoms with van der Waals surface area (Å²) in [4.78, 5) is 37.2. The summed E-state index contributed by atoms with van der Waals surface area (Å²) in [5.41, 5.74) is 0.622.